The number of amides is 1. The first kappa shape index (κ1) is 23.1. The van der Waals surface area contributed by atoms with Crippen LogP contribution in [0.4, 0.5) is 0 Å². The Morgan fingerprint density at radius 1 is 0.909 bits per heavy atom. The van der Waals surface area contributed by atoms with E-state index >= 15 is 0 Å². The monoisotopic (exact) mass is 459 g/mol. The van der Waals surface area contributed by atoms with Gasteiger partial charge in [-0.15, -0.1) is 0 Å². The van der Waals surface area contributed by atoms with E-state index in [0.29, 0.717) is 30.4 Å². The molecule has 170 valence electrons. The van der Waals surface area contributed by atoms with Crippen LogP contribution in [-0.4, -0.2) is 40.5 Å². The third-order valence-electron chi connectivity index (χ3n) is 5.79. The van der Waals surface area contributed by atoms with Gasteiger partial charge in [-0.2, -0.15) is 0 Å². The molecule has 1 atom stereocenters. The highest BCUT2D eigenvalue weighted by Gasteiger charge is 2.29. The summed E-state index contributed by atoms with van der Waals surface area (Å²) in [5.41, 5.74) is 5.45. The average Bonchev–Trinajstić information content (AvgIpc) is 2.83. The summed E-state index contributed by atoms with van der Waals surface area (Å²) in [5, 5.41) is 0. The molecule has 0 radical (unpaired) electrons. The molecular formula is C28H29NO3S. The van der Waals surface area contributed by atoms with Gasteiger partial charge in [-0.25, -0.2) is 0 Å². The number of aryl methyl sites for hydroxylation is 2. The van der Waals surface area contributed by atoms with Crippen molar-refractivity contribution in [1.29, 1.82) is 0 Å². The van der Waals surface area contributed by atoms with Crippen LogP contribution in [0.15, 0.2) is 83.8 Å². The van der Waals surface area contributed by atoms with Gasteiger partial charge in [0, 0.05) is 18.8 Å². The van der Waals surface area contributed by atoms with Crippen LogP contribution in [0.25, 0.3) is 6.08 Å². The van der Waals surface area contributed by atoms with E-state index in [2.05, 4.69) is 62.4 Å². The maximum atomic E-state index is 13.0. The zero-order valence-electron chi connectivity index (χ0n) is 19.1. The van der Waals surface area contributed by atoms with Crippen molar-refractivity contribution in [2.45, 2.75) is 20.0 Å². The van der Waals surface area contributed by atoms with Crippen molar-refractivity contribution in [3.8, 4) is 0 Å². The first-order valence-corrected chi connectivity index (χ1v) is 12.5. The van der Waals surface area contributed by atoms with Crippen molar-refractivity contribution in [3.05, 3.63) is 112 Å². The number of benzene rings is 3. The molecule has 3 aromatic carbocycles. The van der Waals surface area contributed by atoms with Crippen molar-refractivity contribution < 1.29 is 13.7 Å². The molecule has 0 N–H and O–H groups in total. The Labute approximate surface area is 198 Å². The summed E-state index contributed by atoms with van der Waals surface area (Å²) in [6.45, 7) is 5.45. The molecule has 1 unspecified atom stereocenters. The second kappa shape index (κ2) is 10.7. The van der Waals surface area contributed by atoms with E-state index in [0.717, 1.165) is 16.7 Å². The lowest BCUT2D eigenvalue weighted by Gasteiger charge is -2.29. The molecule has 1 amide bonds. The number of hydrogen-bond donors (Lipinski definition) is 0. The minimum Gasteiger partial charge on any atom is -0.367 e. The fraction of sp³-hybridized carbons (Fsp3) is 0.250. The molecule has 0 aromatic heterocycles. The second-order valence-corrected chi connectivity index (χ2v) is 9.87. The van der Waals surface area contributed by atoms with E-state index in [9.17, 15) is 9.00 Å². The topological polar surface area (TPSA) is 46.6 Å². The molecule has 0 aliphatic carbocycles. The normalized spacial score (nSPS) is 17.7. The highest BCUT2D eigenvalue weighted by Crippen LogP contribution is 2.27. The second-order valence-electron chi connectivity index (χ2n) is 8.33. The van der Waals surface area contributed by atoms with Crippen molar-refractivity contribution in [2.75, 3.05) is 25.4 Å². The summed E-state index contributed by atoms with van der Waals surface area (Å²) < 4.78 is 18.9. The Morgan fingerprint density at radius 3 is 2.06 bits per heavy atom. The van der Waals surface area contributed by atoms with Gasteiger partial charge in [0.05, 0.1) is 17.4 Å². The Kier molecular flexibility index (Phi) is 7.53. The van der Waals surface area contributed by atoms with Crippen LogP contribution < -0.4 is 0 Å². The molecule has 4 rings (SSSR count). The van der Waals surface area contributed by atoms with Gasteiger partial charge >= 0.3 is 0 Å². The molecule has 0 bridgehead atoms. The summed E-state index contributed by atoms with van der Waals surface area (Å²) in [7, 11) is -1.28. The molecule has 1 aliphatic heterocycles. The summed E-state index contributed by atoms with van der Waals surface area (Å²) >= 11 is 0. The number of hydrogen-bond acceptors (Lipinski definition) is 3. The van der Waals surface area contributed by atoms with E-state index in [4.69, 9.17) is 4.74 Å². The predicted octanol–water partition coefficient (Wildman–Crippen LogP) is 5.04. The minimum absolute atomic E-state index is 0.172. The molecule has 33 heavy (non-hydrogen) atoms. The van der Waals surface area contributed by atoms with Crippen LogP contribution in [0.2, 0.25) is 0 Å². The van der Waals surface area contributed by atoms with E-state index in [1.165, 1.54) is 11.1 Å². The van der Waals surface area contributed by atoms with E-state index in [-0.39, 0.29) is 12.0 Å². The average molecular weight is 460 g/mol. The summed E-state index contributed by atoms with van der Waals surface area (Å²) in [6.07, 6.45) is 1.53. The molecule has 1 fully saturated rings. The van der Waals surface area contributed by atoms with Gasteiger partial charge in [-0.05, 0) is 36.6 Å². The quantitative estimate of drug-likeness (QED) is 0.465. The van der Waals surface area contributed by atoms with Crippen LogP contribution in [0, 0.1) is 13.8 Å². The highest BCUT2D eigenvalue weighted by molar-refractivity contribution is 7.90. The zero-order chi connectivity index (χ0) is 23.2. The van der Waals surface area contributed by atoms with Gasteiger partial charge < -0.3 is 9.64 Å². The third-order valence-corrected chi connectivity index (χ3v) is 7.13. The molecule has 1 aliphatic rings. The fourth-order valence-electron chi connectivity index (χ4n) is 3.85. The van der Waals surface area contributed by atoms with Crippen LogP contribution in [0.1, 0.15) is 33.9 Å². The van der Waals surface area contributed by atoms with E-state index in [1.807, 2.05) is 30.3 Å². The molecule has 0 saturated carbocycles. The largest absolute Gasteiger partial charge is 0.367 e. The third kappa shape index (κ3) is 5.86. The molecule has 5 heteroatoms. The first-order valence-electron chi connectivity index (χ1n) is 11.2. The molecule has 0 spiro atoms. The number of carbonyl (C=O) groups is 1. The lowest BCUT2D eigenvalue weighted by atomic mass is 9.99. The maximum Gasteiger partial charge on any atom is 0.262 e. The van der Waals surface area contributed by atoms with Crippen molar-refractivity contribution in [1.82, 2.24) is 4.90 Å². The lowest BCUT2D eigenvalue weighted by molar-refractivity contribution is -0.127. The van der Waals surface area contributed by atoms with Gasteiger partial charge in [0.25, 0.3) is 5.91 Å². The molecule has 3 aromatic rings. The minimum atomic E-state index is -1.28. The summed E-state index contributed by atoms with van der Waals surface area (Å²) in [5.74, 6) is 0.276. The van der Waals surface area contributed by atoms with Crippen LogP contribution in [0.5, 0.6) is 0 Å². The first-order chi connectivity index (χ1) is 16.0. The summed E-state index contributed by atoms with van der Waals surface area (Å²) in [4.78, 5) is 15.1. The van der Waals surface area contributed by atoms with Gasteiger partial charge in [0.2, 0.25) is 0 Å². The smallest absolute Gasteiger partial charge is 0.262 e. The van der Waals surface area contributed by atoms with E-state index < -0.39 is 10.8 Å². The van der Waals surface area contributed by atoms with Gasteiger partial charge in [0.15, 0.2) is 0 Å². The van der Waals surface area contributed by atoms with Crippen LogP contribution >= 0.6 is 0 Å². The molecule has 1 saturated heterocycles. The SMILES string of the molecule is Cc1ccc(C(OCCN2CCS(=O)C(=Cc3ccccc3)C2=O)c2ccc(C)cc2)cc1. The maximum absolute atomic E-state index is 13.0. The predicted molar refractivity (Wildman–Crippen MR) is 134 cm³/mol. The molecule has 1 heterocycles. The van der Waals surface area contributed by atoms with E-state index in [1.54, 1.807) is 11.0 Å². The van der Waals surface area contributed by atoms with Crippen molar-refractivity contribution >= 4 is 22.8 Å². The Hall–Kier alpha value is -3.02. The fourth-order valence-corrected chi connectivity index (χ4v) is 5.04. The molecule has 4 nitrogen and oxygen atoms in total. The Bertz CT molecular complexity index is 1090. The van der Waals surface area contributed by atoms with Gasteiger partial charge in [-0.1, -0.05) is 90.0 Å². The Morgan fingerprint density at radius 2 is 1.48 bits per heavy atom. The molecular weight excluding hydrogens is 430 g/mol. The highest BCUT2D eigenvalue weighted by atomic mass is 32.2. The van der Waals surface area contributed by atoms with Crippen molar-refractivity contribution in [2.24, 2.45) is 0 Å². The van der Waals surface area contributed by atoms with Gasteiger partial charge in [-0.3, -0.25) is 9.00 Å². The van der Waals surface area contributed by atoms with Crippen LogP contribution in [-0.2, 0) is 20.3 Å². The van der Waals surface area contributed by atoms with Crippen LogP contribution in [0.3, 0.4) is 0 Å². The number of carbonyl (C=O) groups excluding carboxylic acids is 1. The van der Waals surface area contributed by atoms with Gasteiger partial charge in [0.1, 0.15) is 11.0 Å². The standard InChI is InChI=1S/C28H29NO3S/c1-21-8-12-24(13-9-21)27(25-14-10-22(2)11-15-25)32-18-16-29-17-19-33(31)26(28(29)30)20-23-6-4-3-5-7-23/h3-15,20,27H,16-19H2,1-2H3. The lowest BCUT2D eigenvalue weighted by Crippen LogP contribution is -2.43. The Balaban J connectivity index is 1.46. The zero-order valence-corrected chi connectivity index (χ0v) is 19.9. The number of rotatable bonds is 7. The number of ether oxygens (including phenoxy) is 1. The summed E-state index contributed by atoms with van der Waals surface area (Å²) in [6, 6.07) is 26.3. The number of nitrogens with zero attached hydrogens (tertiary/aromatic N) is 1. The van der Waals surface area contributed by atoms with Crippen molar-refractivity contribution in [3.63, 3.8) is 0 Å².